The molecule has 146 valence electrons. The molecule has 2 atom stereocenters. The van der Waals surface area contributed by atoms with Crippen molar-refractivity contribution >= 4 is 33.3 Å². The largest absolute Gasteiger partial charge is 0.367 e. The number of rotatable bonds is 6. The minimum Gasteiger partial charge on any atom is -0.367 e. The van der Waals surface area contributed by atoms with Gasteiger partial charge in [-0.1, -0.05) is 0 Å². The van der Waals surface area contributed by atoms with Crippen LogP contribution in [0.4, 0.5) is 5.82 Å². The Morgan fingerprint density at radius 1 is 1.30 bits per heavy atom. The van der Waals surface area contributed by atoms with Gasteiger partial charge in [-0.05, 0) is 58.2 Å². The Bertz CT molecular complexity index is 846. The number of likely N-dealkylation sites (tertiary alicyclic amines) is 1. The summed E-state index contributed by atoms with van der Waals surface area (Å²) < 4.78 is 5.74. The molecule has 2 saturated heterocycles. The first-order valence-electron chi connectivity index (χ1n) is 9.69. The van der Waals surface area contributed by atoms with Crippen molar-refractivity contribution in [3.8, 4) is 0 Å². The van der Waals surface area contributed by atoms with Crippen LogP contribution in [0.5, 0.6) is 0 Å². The molecule has 4 heterocycles. The van der Waals surface area contributed by atoms with Crippen molar-refractivity contribution in [1.82, 2.24) is 14.9 Å². The summed E-state index contributed by atoms with van der Waals surface area (Å²) in [6, 6.07) is 0. The van der Waals surface area contributed by atoms with Crippen molar-refractivity contribution in [2.45, 2.75) is 58.3 Å². The van der Waals surface area contributed by atoms with Crippen LogP contribution >= 0.6 is 11.3 Å². The van der Waals surface area contributed by atoms with Crippen LogP contribution in [-0.2, 0) is 16.1 Å². The number of nitrogens with zero attached hydrogens (tertiary/aromatic N) is 3. The SMILES string of the molecule is Cc1sc2nc(CN3CCCC3)nc(NCC3CCC(C(N)=O)O3)c2c1C. The van der Waals surface area contributed by atoms with Crippen LogP contribution in [-0.4, -0.2) is 52.6 Å². The lowest BCUT2D eigenvalue weighted by atomic mass is 10.2. The van der Waals surface area contributed by atoms with E-state index in [4.69, 9.17) is 20.4 Å². The van der Waals surface area contributed by atoms with Gasteiger partial charge in [-0.25, -0.2) is 9.97 Å². The van der Waals surface area contributed by atoms with Crippen LogP contribution in [0, 0.1) is 13.8 Å². The molecule has 0 bridgehead atoms. The quantitative estimate of drug-likeness (QED) is 0.788. The third-order valence-corrected chi connectivity index (χ3v) is 6.66. The fourth-order valence-electron chi connectivity index (χ4n) is 3.91. The molecule has 4 rings (SSSR count). The van der Waals surface area contributed by atoms with Gasteiger partial charge in [0.1, 0.15) is 22.6 Å². The van der Waals surface area contributed by atoms with Crippen LogP contribution < -0.4 is 11.1 Å². The molecule has 0 radical (unpaired) electrons. The van der Waals surface area contributed by atoms with Crippen molar-refractivity contribution < 1.29 is 9.53 Å². The van der Waals surface area contributed by atoms with Gasteiger partial charge in [0.2, 0.25) is 5.91 Å². The number of aromatic nitrogens is 2. The summed E-state index contributed by atoms with van der Waals surface area (Å²) in [7, 11) is 0. The first-order chi connectivity index (χ1) is 13.0. The minimum absolute atomic E-state index is 0.0189. The molecule has 0 saturated carbocycles. The molecule has 3 N–H and O–H groups in total. The first kappa shape index (κ1) is 18.6. The first-order valence-corrected chi connectivity index (χ1v) is 10.5. The van der Waals surface area contributed by atoms with E-state index < -0.39 is 6.10 Å². The molecule has 2 aliphatic heterocycles. The van der Waals surface area contributed by atoms with Gasteiger partial charge in [-0.2, -0.15) is 0 Å². The van der Waals surface area contributed by atoms with Gasteiger partial charge < -0.3 is 15.8 Å². The zero-order chi connectivity index (χ0) is 19.0. The Labute approximate surface area is 163 Å². The smallest absolute Gasteiger partial charge is 0.246 e. The molecular weight excluding hydrogens is 362 g/mol. The number of carbonyl (C=O) groups is 1. The summed E-state index contributed by atoms with van der Waals surface area (Å²) >= 11 is 1.73. The molecule has 2 aromatic rings. The van der Waals surface area contributed by atoms with Gasteiger partial charge in [-0.15, -0.1) is 11.3 Å². The van der Waals surface area contributed by atoms with E-state index in [-0.39, 0.29) is 12.0 Å². The highest BCUT2D eigenvalue weighted by molar-refractivity contribution is 7.18. The second-order valence-electron chi connectivity index (χ2n) is 7.54. The Kier molecular flexibility index (Phi) is 5.29. The van der Waals surface area contributed by atoms with E-state index in [2.05, 4.69) is 24.1 Å². The number of hydrogen-bond acceptors (Lipinski definition) is 7. The van der Waals surface area contributed by atoms with Crippen LogP contribution in [0.15, 0.2) is 0 Å². The highest BCUT2D eigenvalue weighted by atomic mass is 32.1. The molecule has 1 amide bonds. The minimum atomic E-state index is -0.460. The number of fused-ring (bicyclic) bond motifs is 1. The van der Waals surface area contributed by atoms with Crippen molar-refractivity contribution in [1.29, 1.82) is 0 Å². The number of ether oxygens (including phenoxy) is 1. The van der Waals surface area contributed by atoms with Crippen LogP contribution in [0.25, 0.3) is 10.2 Å². The molecule has 8 heteroatoms. The van der Waals surface area contributed by atoms with E-state index in [0.29, 0.717) is 13.0 Å². The summed E-state index contributed by atoms with van der Waals surface area (Å²) in [6.07, 6.45) is 3.55. The predicted octanol–water partition coefficient (Wildman–Crippen LogP) is 2.35. The van der Waals surface area contributed by atoms with Gasteiger partial charge in [0.15, 0.2) is 0 Å². The number of amides is 1. The molecular formula is C19H27N5O2S. The van der Waals surface area contributed by atoms with E-state index in [1.165, 1.54) is 23.3 Å². The summed E-state index contributed by atoms with van der Waals surface area (Å²) in [6.45, 7) is 7.91. The van der Waals surface area contributed by atoms with Crippen molar-refractivity contribution in [3.05, 3.63) is 16.3 Å². The Balaban J connectivity index is 1.55. The van der Waals surface area contributed by atoms with E-state index >= 15 is 0 Å². The Morgan fingerprint density at radius 2 is 2.07 bits per heavy atom. The van der Waals surface area contributed by atoms with Gasteiger partial charge in [0.05, 0.1) is 18.0 Å². The maximum atomic E-state index is 11.3. The van der Waals surface area contributed by atoms with E-state index in [0.717, 1.165) is 47.9 Å². The number of aryl methyl sites for hydroxylation is 2. The summed E-state index contributed by atoms with van der Waals surface area (Å²) in [5, 5.41) is 4.57. The maximum Gasteiger partial charge on any atom is 0.246 e. The number of primary amides is 1. The number of thiophene rings is 1. The highest BCUT2D eigenvalue weighted by Crippen LogP contribution is 2.34. The standard InChI is InChI=1S/C19H27N5O2S/c1-11-12(2)27-19-16(11)18(21-9-13-5-6-14(26-13)17(20)25)22-15(23-19)10-24-7-3-4-8-24/h13-14H,3-10H2,1-2H3,(H2,20,25)(H,21,22,23). The lowest BCUT2D eigenvalue weighted by molar-refractivity contribution is -0.128. The molecule has 0 spiro atoms. The number of carbonyl (C=O) groups excluding carboxylic acids is 1. The lowest BCUT2D eigenvalue weighted by Gasteiger charge is -2.16. The predicted molar refractivity (Wildman–Crippen MR) is 107 cm³/mol. The average molecular weight is 390 g/mol. The van der Waals surface area contributed by atoms with Gasteiger partial charge in [-0.3, -0.25) is 9.69 Å². The highest BCUT2D eigenvalue weighted by Gasteiger charge is 2.29. The second kappa shape index (κ2) is 7.69. The van der Waals surface area contributed by atoms with Crippen LogP contribution in [0.2, 0.25) is 0 Å². The summed E-state index contributed by atoms with van der Waals surface area (Å²) in [4.78, 5) is 25.7. The Morgan fingerprint density at radius 3 is 2.78 bits per heavy atom. The molecule has 27 heavy (non-hydrogen) atoms. The van der Waals surface area contributed by atoms with Crippen molar-refractivity contribution in [2.75, 3.05) is 25.0 Å². The lowest BCUT2D eigenvalue weighted by Crippen LogP contribution is -2.30. The van der Waals surface area contributed by atoms with Crippen molar-refractivity contribution in [2.24, 2.45) is 5.73 Å². The molecule has 2 unspecified atom stereocenters. The monoisotopic (exact) mass is 389 g/mol. The summed E-state index contributed by atoms with van der Waals surface area (Å²) in [5.41, 5.74) is 6.58. The molecule has 2 fully saturated rings. The van der Waals surface area contributed by atoms with Crippen molar-refractivity contribution in [3.63, 3.8) is 0 Å². The molecule has 2 aliphatic rings. The average Bonchev–Trinajstić information content (AvgIpc) is 3.35. The van der Waals surface area contributed by atoms with Gasteiger partial charge in [0.25, 0.3) is 0 Å². The molecule has 0 aliphatic carbocycles. The van der Waals surface area contributed by atoms with E-state index in [1.54, 1.807) is 11.3 Å². The topological polar surface area (TPSA) is 93.4 Å². The molecule has 2 aromatic heterocycles. The summed E-state index contributed by atoms with van der Waals surface area (Å²) in [5.74, 6) is 1.37. The van der Waals surface area contributed by atoms with E-state index in [1.807, 2.05) is 0 Å². The number of hydrogen-bond donors (Lipinski definition) is 2. The fraction of sp³-hybridized carbons (Fsp3) is 0.632. The van der Waals surface area contributed by atoms with Gasteiger partial charge >= 0.3 is 0 Å². The zero-order valence-corrected chi connectivity index (χ0v) is 16.8. The third kappa shape index (κ3) is 3.93. The normalized spacial score (nSPS) is 23.3. The Hall–Kier alpha value is -1.77. The maximum absolute atomic E-state index is 11.3. The number of anilines is 1. The molecule has 0 aromatic carbocycles. The van der Waals surface area contributed by atoms with E-state index in [9.17, 15) is 4.79 Å². The fourth-order valence-corrected chi connectivity index (χ4v) is 4.96. The number of nitrogens with two attached hydrogens (primary N) is 1. The van der Waals surface area contributed by atoms with Crippen LogP contribution in [0.3, 0.4) is 0 Å². The zero-order valence-electron chi connectivity index (χ0n) is 16.0. The van der Waals surface area contributed by atoms with Gasteiger partial charge in [0, 0.05) is 11.4 Å². The molecule has 7 nitrogen and oxygen atoms in total. The second-order valence-corrected chi connectivity index (χ2v) is 8.75. The number of nitrogens with one attached hydrogen (secondary N) is 1. The third-order valence-electron chi connectivity index (χ3n) is 5.56. The van der Waals surface area contributed by atoms with Crippen LogP contribution in [0.1, 0.15) is 41.9 Å².